The Balaban J connectivity index is 1.97. The highest BCUT2D eigenvalue weighted by atomic mass is 19.4. The van der Waals surface area contributed by atoms with E-state index in [0.29, 0.717) is 33.9 Å². The molecule has 1 amide bonds. The van der Waals surface area contributed by atoms with Gasteiger partial charge < -0.3 is 10.3 Å². The van der Waals surface area contributed by atoms with E-state index < -0.39 is 29.4 Å². The standard InChI is InChI=1S/C22H14F6N2O/c23-21(24,25)13-8-12(9-14(10-13)22(26,27)28)11-30-17-6-2-1-4-15(17)19-16(20(29)31)5-3-7-18(19)30/h1-10H,11H2,(H2,29,31). The van der Waals surface area contributed by atoms with E-state index >= 15 is 0 Å². The van der Waals surface area contributed by atoms with Crippen LogP contribution in [0.25, 0.3) is 21.8 Å². The van der Waals surface area contributed by atoms with E-state index in [4.69, 9.17) is 5.73 Å². The summed E-state index contributed by atoms with van der Waals surface area (Å²) in [5, 5.41) is 1.11. The smallest absolute Gasteiger partial charge is 0.366 e. The molecule has 0 bridgehead atoms. The molecular weight excluding hydrogens is 422 g/mol. The second-order valence-electron chi connectivity index (χ2n) is 7.08. The summed E-state index contributed by atoms with van der Waals surface area (Å²) in [6.45, 7) is -0.265. The molecule has 1 heterocycles. The van der Waals surface area contributed by atoms with Crippen molar-refractivity contribution < 1.29 is 31.1 Å². The van der Waals surface area contributed by atoms with Crippen LogP contribution in [0.3, 0.4) is 0 Å². The van der Waals surface area contributed by atoms with Gasteiger partial charge in [0.25, 0.3) is 0 Å². The van der Waals surface area contributed by atoms with Gasteiger partial charge in [0.1, 0.15) is 0 Å². The van der Waals surface area contributed by atoms with Crippen LogP contribution in [-0.2, 0) is 18.9 Å². The van der Waals surface area contributed by atoms with E-state index in [-0.39, 0.29) is 23.7 Å². The zero-order valence-corrected chi connectivity index (χ0v) is 15.7. The van der Waals surface area contributed by atoms with Crippen LogP contribution in [0, 0.1) is 0 Å². The lowest BCUT2D eigenvalue weighted by Crippen LogP contribution is -2.13. The summed E-state index contributed by atoms with van der Waals surface area (Å²) in [5.74, 6) is -0.688. The number of benzene rings is 3. The van der Waals surface area contributed by atoms with E-state index in [9.17, 15) is 31.1 Å². The Hall–Kier alpha value is -3.49. The molecule has 160 valence electrons. The van der Waals surface area contributed by atoms with E-state index in [1.807, 2.05) is 0 Å². The molecular formula is C22H14F6N2O. The number of amides is 1. The van der Waals surface area contributed by atoms with Crippen molar-refractivity contribution in [2.24, 2.45) is 5.73 Å². The Bertz CT molecular complexity index is 1290. The summed E-state index contributed by atoms with van der Waals surface area (Å²) in [6.07, 6.45) is -9.87. The van der Waals surface area contributed by atoms with Gasteiger partial charge in [0.05, 0.1) is 16.6 Å². The molecule has 1 aromatic heterocycles. The zero-order valence-electron chi connectivity index (χ0n) is 15.7. The quantitative estimate of drug-likeness (QED) is 0.395. The highest BCUT2D eigenvalue weighted by Gasteiger charge is 2.37. The largest absolute Gasteiger partial charge is 0.416 e. The molecule has 0 unspecified atom stereocenters. The number of carbonyl (C=O) groups excluding carboxylic acids is 1. The Kier molecular flexibility index (Phi) is 4.72. The third-order valence-electron chi connectivity index (χ3n) is 5.05. The third kappa shape index (κ3) is 3.71. The van der Waals surface area contributed by atoms with Crippen molar-refractivity contribution in [2.75, 3.05) is 0 Å². The van der Waals surface area contributed by atoms with Gasteiger partial charge in [-0.25, -0.2) is 0 Å². The lowest BCUT2D eigenvalue weighted by atomic mass is 10.0. The third-order valence-corrected chi connectivity index (χ3v) is 5.05. The van der Waals surface area contributed by atoms with Crippen molar-refractivity contribution in [2.45, 2.75) is 18.9 Å². The van der Waals surface area contributed by atoms with Crippen molar-refractivity contribution in [1.29, 1.82) is 0 Å². The molecule has 0 saturated carbocycles. The molecule has 0 radical (unpaired) electrons. The van der Waals surface area contributed by atoms with Crippen LogP contribution < -0.4 is 5.73 Å². The van der Waals surface area contributed by atoms with Gasteiger partial charge in [-0.2, -0.15) is 26.3 Å². The van der Waals surface area contributed by atoms with Gasteiger partial charge in [0.2, 0.25) is 5.91 Å². The zero-order chi connectivity index (χ0) is 22.6. The highest BCUT2D eigenvalue weighted by Crippen LogP contribution is 2.37. The highest BCUT2D eigenvalue weighted by molar-refractivity contribution is 6.17. The van der Waals surface area contributed by atoms with Gasteiger partial charge >= 0.3 is 12.4 Å². The molecule has 0 aliphatic heterocycles. The lowest BCUT2D eigenvalue weighted by molar-refractivity contribution is -0.143. The number of carbonyl (C=O) groups is 1. The number of alkyl halides is 6. The van der Waals surface area contributed by atoms with Gasteiger partial charge in [-0.3, -0.25) is 4.79 Å². The fourth-order valence-electron chi connectivity index (χ4n) is 3.77. The van der Waals surface area contributed by atoms with Crippen molar-refractivity contribution >= 4 is 27.7 Å². The monoisotopic (exact) mass is 436 g/mol. The number of hydrogen-bond donors (Lipinski definition) is 1. The summed E-state index contributed by atoms with van der Waals surface area (Å²) >= 11 is 0. The molecule has 9 heteroatoms. The maximum absolute atomic E-state index is 13.2. The molecule has 2 N–H and O–H groups in total. The maximum atomic E-state index is 13.2. The van der Waals surface area contributed by atoms with Crippen molar-refractivity contribution in [3.63, 3.8) is 0 Å². The summed E-state index contributed by atoms with van der Waals surface area (Å²) < 4.78 is 81.0. The number of fused-ring (bicyclic) bond motifs is 3. The number of aromatic nitrogens is 1. The average Bonchev–Trinajstić information content (AvgIpc) is 3.00. The first kappa shape index (κ1) is 20.8. The van der Waals surface area contributed by atoms with Crippen LogP contribution >= 0.6 is 0 Å². The van der Waals surface area contributed by atoms with Crippen LogP contribution in [0.2, 0.25) is 0 Å². The number of rotatable bonds is 3. The second-order valence-corrected chi connectivity index (χ2v) is 7.08. The molecule has 0 saturated heterocycles. The Morgan fingerprint density at radius 3 is 1.97 bits per heavy atom. The van der Waals surface area contributed by atoms with Gasteiger partial charge in [0.15, 0.2) is 0 Å². The number of nitrogens with two attached hydrogens (primary N) is 1. The fourth-order valence-corrected chi connectivity index (χ4v) is 3.77. The minimum atomic E-state index is -4.93. The number of primary amides is 1. The molecule has 31 heavy (non-hydrogen) atoms. The predicted molar refractivity (Wildman–Crippen MR) is 104 cm³/mol. The number of halogens is 6. The van der Waals surface area contributed by atoms with Crippen molar-refractivity contribution in [3.8, 4) is 0 Å². The first-order valence-corrected chi connectivity index (χ1v) is 9.05. The summed E-state index contributed by atoms with van der Waals surface area (Å²) in [6, 6.07) is 13.0. The van der Waals surface area contributed by atoms with Gasteiger partial charge in [-0.05, 0) is 42.0 Å². The Morgan fingerprint density at radius 1 is 0.806 bits per heavy atom. The first-order valence-electron chi connectivity index (χ1n) is 9.05. The summed E-state index contributed by atoms with van der Waals surface area (Å²) in [4.78, 5) is 11.9. The minimum Gasteiger partial charge on any atom is -0.366 e. The molecule has 0 atom stereocenters. The molecule has 3 nitrogen and oxygen atoms in total. The summed E-state index contributed by atoms with van der Waals surface area (Å²) in [5.41, 5.74) is 3.78. The Labute approximate surface area is 171 Å². The van der Waals surface area contributed by atoms with Crippen LogP contribution in [0.5, 0.6) is 0 Å². The number of hydrogen-bond acceptors (Lipinski definition) is 1. The van der Waals surface area contributed by atoms with Crippen LogP contribution in [0.15, 0.2) is 60.7 Å². The van der Waals surface area contributed by atoms with E-state index in [1.165, 1.54) is 6.07 Å². The molecule has 4 aromatic rings. The fraction of sp³-hybridized carbons (Fsp3) is 0.136. The molecule has 0 aliphatic carbocycles. The van der Waals surface area contributed by atoms with Gasteiger partial charge in [0, 0.05) is 28.4 Å². The molecule has 0 aliphatic rings. The van der Waals surface area contributed by atoms with Gasteiger partial charge in [-0.15, -0.1) is 0 Å². The average molecular weight is 436 g/mol. The van der Waals surface area contributed by atoms with Crippen LogP contribution in [-0.4, -0.2) is 10.5 Å². The van der Waals surface area contributed by atoms with E-state index in [1.54, 1.807) is 41.0 Å². The molecule has 3 aromatic carbocycles. The molecule has 0 fully saturated rings. The summed E-state index contributed by atoms with van der Waals surface area (Å²) in [7, 11) is 0. The normalized spacial score (nSPS) is 12.6. The number of nitrogens with zero attached hydrogens (tertiary/aromatic N) is 1. The van der Waals surface area contributed by atoms with Crippen molar-refractivity contribution in [3.05, 3.63) is 82.9 Å². The molecule has 4 rings (SSSR count). The van der Waals surface area contributed by atoms with E-state index in [2.05, 4.69) is 0 Å². The van der Waals surface area contributed by atoms with Crippen LogP contribution in [0.1, 0.15) is 27.0 Å². The van der Waals surface area contributed by atoms with Crippen molar-refractivity contribution in [1.82, 2.24) is 4.57 Å². The minimum absolute atomic E-state index is 0.0978. The Morgan fingerprint density at radius 2 is 1.39 bits per heavy atom. The molecule has 0 spiro atoms. The topological polar surface area (TPSA) is 48.0 Å². The number of para-hydroxylation sites is 1. The first-order chi connectivity index (χ1) is 14.5. The van der Waals surface area contributed by atoms with Crippen LogP contribution in [0.4, 0.5) is 26.3 Å². The predicted octanol–water partition coefficient (Wildman–Crippen LogP) is 5.98. The van der Waals surface area contributed by atoms with E-state index in [0.717, 1.165) is 0 Å². The SMILES string of the molecule is NC(=O)c1cccc2c1c1ccccc1n2Cc1cc(C(F)(F)F)cc(C(F)(F)F)c1. The maximum Gasteiger partial charge on any atom is 0.416 e. The lowest BCUT2D eigenvalue weighted by Gasteiger charge is -2.15. The van der Waals surface area contributed by atoms with Gasteiger partial charge in [-0.1, -0.05) is 24.3 Å². The second kappa shape index (κ2) is 7.04.